The van der Waals surface area contributed by atoms with Gasteiger partial charge in [-0.1, -0.05) is 41.1 Å². The average Bonchev–Trinajstić information content (AvgIpc) is 2.40. The summed E-state index contributed by atoms with van der Waals surface area (Å²) < 4.78 is 7.18. The lowest BCUT2D eigenvalue weighted by atomic mass is 9.89. The van der Waals surface area contributed by atoms with Gasteiger partial charge < -0.3 is 10.1 Å². The molecule has 100 valence electrons. The SMILES string of the molecule is CCCNCC1CCCOC1c1ccccc1Br. The first-order valence-corrected chi connectivity index (χ1v) is 7.69. The van der Waals surface area contributed by atoms with Crippen LogP contribution in [0.4, 0.5) is 0 Å². The number of hydrogen-bond donors (Lipinski definition) is 1. The molecule has 1 aliphatic rings. The number of ether oxygens (including phenoxy) is 1. The van der Waals surface area contributed by atoms with Gasteiger partial charge in [0.15, 0.2) is 0 Å². The Kier molecular flexibility index (Phi) is 5.67. The van der Waals surface area contributed by atoms with Gasteiger partial charge in [-0.25, -0.2) is 0 Å². The zero-order chi connectivity index (χ0) is 12.8. The van der Waals surface area contributed by atoms with Crippen LogP contribution in [0, 0.1) is 5.92 Å². The van der Waals surface area contributed by atoms with Crippen molar-refractivity contribution in [3.05, 3.63) is 34.3 Å². The Bertz CT molecular complexity index is 369. The molecule has 0 spiro atoms. The largest absolute Gasteiger partial charge is 0.373 e. The third kappa shape index (κ3) is 3.56. The van der Waals surface area contributed by atoms with Crippen LogP contribution >= 0.6 is 15.9 Å². The summed E-state index contributed by atoms with van der Waals surface area (Å²) in [5.74, 6) is 0.587. The molecule has 2 rings (SSSR count). The zero-order valence-corrected chi connectivity index (χ0v) is 12.6. The lowest BCUT2D eigenvalue weighted by Crippen LogP contribution is -2.32. The second-order valence-corrected chi connectivity index (χ2v) is 5.77. The first kappa shape index (κ1) is 14.0. The van der Waals surface area contributed by atoms with Crippen LogP contribution in [-0.4, -0.2) is 19.7 Å². The summed E-state index contributed by atoms with van der Waals surface area (Å²) in [4.78, 5) is 0. The second kappa shape index (κ2) is 7.27. The van der Waals surface area contributed by atoms with E-state index in [9.17, 15) is 0 Å². The maximum Gasteiger partial charge on any atom is 0.0876 e. The van der Waals surface area contributed by atoms with E-state index in [1.165, 1.54) is 24.8 Å². The highest BCUT2D eigenvalue weighted by Gasteiger charge is 2.28. The molecule has 0 bridgehead atoms. The second-order valence-electron chi connectivity index (χ2n) is 4.92. The van der Waals surface area contributed by atoms with Crippen molar-refractivity contribution in [1.29, 1.82) is 0 Å². The van der Waals surface area contributed by atoms with Crippen molar-refractivity contribution in [2.24, 2.45) is 5.92 Å². The van der Waals surface area contributed by atoms with E-state index in [4.69, 9.17) is 4.74 Å². The quantitative estimate of drug-likeness (QED) is 0.832. The lowest BCUT2D eigenvalue weighted by Gasteiger charge is -2.33. The van der Waals surface area contributed by atoms with Crippen molar-refractivity contribution in [2.45, 2.75) is 32.3 Å². The van der Waals surface area contributed by atoms with E-state index in [-0.39, 0.29) is 6.10 Å². The van der Waals surface area contributed by atoms with Crippen molar-refractivity contribution < 1.29 is 4.74 Å². The third-order valence-corrected chi connectivity index (χ3v) is 4.21. The number of benzene rings is 1. The first-order chi connectivity index (χ1) is 8.83. The molecular weight excluding hydrogens is 290 g/mol. The Labute approximate surface area is 118 Å². The zero-order valence-electron chi connectivity index (χ0n) is 11.0. The monoisotopic (exact) mass is 311 g/mol. The van der Waals surface area contributed by atoms with Crippen LogP contribution in [0.25, 0.3) is 0 Å². The van der Waals surface area contributed by atoms with Gasteiger partial charge in [0, 0.05) is 23.5 Å². The molecule has 2 unspecified atom stereocenters. The van der Waals surface area contributed by atoms with Crippen molar-refractivity contribution in [3.63, 3.8) is 0 Å². The van der Waals surface area contributed by atoms with Gasteiger partial charge >= 0.3 is 0 Å². The number of halogens is 1. The summed E-state index contributed by atoms with van der Waals surface area (Å²) in [5.41, 5.74) is 1.29. The van der Waals surface area contributed by atoms with Crippen molar-refractivity contribution >= 4 is 15.9 Å². The molecule has 0 aliphatic carbocycles. The highest BCUT2D eigenvalue weighted by molar-refractivity contribution is 9.10. The Morgan fingerprint density at radius 1 is 1.39 bits per heavy atom. The first-order valence-electron chi connectivity index (χ1n) is 6.89. The normalized spacial score (nSPS) is 24.1. The van der Waals surface area contributed by atoms with Gasteiger partial charge in [-0.15, -0.1) is 0 Å². The smallest absolute Gasteiger partial charge is 0.0876 e. The van der Waals surface area contributed by atoms with Crippen LogP contribution in [-0.2, 0) is 4.74 Å². The molecule has 1 heterocycles. The van der Waals surface area contributed by atoms with E-state index >= 15 is 0 Å². The van der Waals surface area contributed by atoms with Gasteiger partial charge in [0.2, 0.25) is 0 Å². The summed E-state index contributed by atoms with van der Waals surface area (Å²) in [6, 6.07) is 8.42. The molecule has 2 nitrogen and oxygen atoms in total. The molecule has 0 saturated carbocycles. The number of nitrogens with one attached hydrogen (secondary N) is 1. The summed E-state index contributed by atoms with van der Waals surface area (Å²) in [6.45, 7) is 5.24. The molecule has 1 aliphatic heterocycles. The molecule has 3 heteroatoms. The minimum atomic E-state index is 0.235. The van der Waals surface area contributed by atoms with E-state index in [1.807, 2.05) is 0 Å². The predicted octanol–water partition coefficient (Wildman–Crippen LogP) is 3.92. The fourth-order valence-corrected chi connectivity index (χ4v) is 3.08. The minimum absolute atomic E-state index is 0.235. The maximum atomic E-state index is 6.02. The molecule has 1 fully saturated rings. The molecule has 0 amide bonds. The average molecular weight is 312 g/mol. The fourth-order valence-electron chi connectivity index (χ4n) is 2.57. The molecule has 1 N–H and O–H groups in total. The Morgan fingerprint density at radius 2 is 2.22 bits per heavy atom. The molecule has 18 heavy (non-hydrogen) atoms. The molecular formula is C15H22BrNO. The topological polar surface area (TPSA) is 21.3 Å². The number of hydrogen-bond acceptors (Lipinski definition) is 2. The van der Waals surface area contributed by atoms with Crippen molar-refractivity contribution in [1.82, 2.24) is 5.32 Å². The van der Waals surface area contributed by atoms with Gasteiger partial charge in [-0.3, -0.25) is 0 Å². The van der Waals surface area contributed by atoms with Crippen LogP contribution in [0.5, 0.6) is 0 Å². The minimum Gasteiger partial charge on any atom is -0.373 e. The maximum absolute atomic E-state index is 6.02. The molecule has 1 saturated heterocycles. The summed E-state index contributed by atoms with van der Waals surface area (Å²) >= 11 is 3.64. The van der Waals surface area contributed by atoms with E-state index < -0.39 is 0 Å². The van der Waals surface area contributed by atoms with Gasteiger partial charge in [0.25, 0.3) is 0 Å². The van der Waals surface area contributed by atoms with E-state index in [1.54, 1.807) is 0 Å². The van der Waals surface area contributed by atoms with E-state index in [2.05, 4.69) is 52.4 Å². The third-order valence-electron chi connectivity index (χ3n) is 3.49. The lowest BCUT2D eigenvalue weighted by molar-refractivity contribution is -0.0281. The Balaban J connectivity index is 2.05. The predicted molar refractivity (Wildman–Crippen MR) is 78.7 cm³/mol. The van der Waals surface area contributed by atoms with Gasteiger partial charge in [-0.05, 0) is 37.4 Å². The van der Waals surface area contributed by atoms with Crippen LogP contribution in [0.15, 0.2) is 28.7 Å². The van der Waals surface area contributed by atoms with Crippen LogP contribution in [0.2, 0.25) is 0 Å². The molecule has 1 aromatic carbocycles. The summed E-state index contributed by atoms with van der Waals surface area (Å²) in [5, 5.41) is 3.53. The fraction of sp³-hybridized carbons (Fsp3) is 0.600. The van der Waals surface area contributed by atoms with Crippen LogP contribution in [0.3, 0.4) is 0 Å². The van der Waals surface area contributed by atoms with Crippen LogP contribution < -0.4 is 5.32 Å². The molecule has 1 aromatic rings. The Hall–Kier alpha value is -0.380. The van der Waals surface area contributed by atoms with E-state index in [0.717, 1.165) is 24.2 Å². The summed E-state index contributed by atoms with van der Waals surface area (Å²) in [7, 11) is 0. The van der Waals surface area contributed by atoms with Gasteiger partial charge in [0.1, 0.15) is 0 Å². The van der Waals surface area contributed by atoms with E-state index in [0.29, 0.717) is 5.92 Å². The number of rotatable bonds is 5. The highest BCUT2D eigenvalue weighted by atomic mass is 79.9. The molecule has 0 radical (unpaired) electrons. The Morgan fingerprint density at radius 3 is 3.00 bits per heavy atom. The molecule has 2 atom stereocenters. The standard InChI is InChI=1S/C15H22BrNO/c1-2-9-17-11-12-6-5-10-18-15(12)13-7-3-4-8-14(13)16/h3-4,7-8,12,15,17H,2,5-6,9-11H2,1H3. The molecule has 0 aromatic heterocycles. The van der Waals surface area contributed by atoms with Gasteiger partial charge in [-0.2, -0.15) is 0 Å². The van der Waals surface area contributed by atoms with Crippen molar-refractivity contribution in [2.75, 3.05) is 19.7 Å². The van der Waals surface area contributed by atoms with Gasteiger partial charge in [0.05, 0.1) is 6.10 Å². The van der Waals surface area contributed by atoms with Crippen molar-refractivity contribution in [3.8, 4) is 0 Å². The summed E-state index contributed by atoms with van der Waals surface area (Å²) in [6.07, 6.45) is 3.86. The highest BCUT2D eigenvalue weighted by Crippen LogP contribution is 2.36. The van der Waals surface area contributed by atoms with Crippen LogP contribution in [0.1, 0.15) is 37.9 Å².